The number of piperidine rings is 1. The van der Waals surface area contributed by atoms with Crippen molar-refractivity contribution in [2.24, 2.45) is 11.8 Å². The maximum atomic E-state index is 17.0. The zero-order chi connectivity index (χ0) is 32.3. The number of fused-ring (bicyclic) bond motifs is 4. The van der Waals surface area contributed by atoms with E-state index in [0.29, 0.717) is 51.7 Å². The van der Waals surface area contributed by atoms with Crippen LogP contribution >= 0.6 is 0 Å². The molecule has 3 fully saturated rings. The molecule has 11 heteroatoms. The molecule has 2 saturated heterocycles. The van der Waals surface area contributed by atoms with Gasteiger partial charge in [0.05, 0.1) is 17.6 Å². The highest BCUT2D eigenvalue weighted by Gasteiger charge is 2.35. The average Bonchev–Trinajstić information content (AvgIpc) is 3.44. The fraction of sp³-hybridized carbons (Fsp3) is 0.472. The van der Waals surface area contributed by atoms with E-state index in [1.54, 1.807) is 31.3 Å². The molecule has 2 atom stereocenters. The summed E-state index contributed by atoms with van der Waals surface area (Å²) in [5, 5.41) is 4.98. The van der Waals surface area contributed by atoms with Gasteiger partial charge in [-0.2, -0.15) is 9.97 Å². The lowest BCUT2D eigenvalue weighted by molar-refractivity contribution is 0.0512. The smallest absolute Gasteiger partial charge is 0.319 e. The van der Waals surface area contributed by atoms with Crippen molar-refractivity contribution in [3.63, 3.8) is 0 Å². The third-order valence-electron chi connectivity index (χ3n) is 9.50. The minimum absolute atomic E-state index is 0.00878. The molecule has 2 aliphatic heterocycles. The van der Waals surface area contributed by atoms with Gasteiger partial charge in [0.1, 0.15) is 28.6 Å². The van der Waals surface area contributed by atoms with E-state index < -0.39 is 11.6 Å². The lowest BCUT2D eigenvalue weighted by atomic mass is 9.95. The molecule has 7 rings (SSSR count). The molecule has 4 heterocycles. The van der Waals surface area contributed by atoms with Crippen LogP contribution < -0.4 is 19.7 Å². The Balaban J connectivity index is 1.32. The Morgan fingerprint density at radius 2 is 1.85 bits per heavy atom. The van der Waals surface area contributed by atoms with Crippen molar-refractivity contribution in [2.45, 2.75) is 32.6 Å². The average molecular weight is 643 g/mol. The summed E-state index contributed by atoms with van der Waals surface area (Å²) in [5.41, 5.74) is 0.647. The van der Waals surface area contributed by atoms with E-state index in [1.807, 2.05) is 0 Å². The van der Waals surface area contributed by atoms with Crippen LogP contribution in [0.4, 0.5) is 14.6 Å². The molecule has 47 heavy (non-hydrogen) atoms. The first-order chi connectivity index (χ1) is 23.0. The first kappa shape index (κ1) is 31.5. The van der Waals surface area contributed by atoms with E-state index in [1.165, 1.54) is 32.4 Å². The van der Waals surface area contributed by atoms with Crippen LogP contribution in [0.3, 0.4) is 0 Å². The summed E-state index contributed by atoms with van der Waals surface area (Å²) in [5.74, 6) is 6.79. The number of nitrogens with zero attached hydrogens (tertiary/aromatic N) is 5. The van der Waals surface area contributed by atoms with Gasteiger partial charge in [-0.05, 0) is 68.0 Å². The maximum absolute atomic E-state index is 17.0. The molecule has 0 amide bonds. The quantitative estimate of drug-likeness (QED) is 0.139. The van der Waals surface area contributed by atoms with Gasteiger partial charge in [-0.15, -0.1) is 5.92 Å². The zero-order valence-corrected chi connectivity index (χ0v) is 27.0. The SMILES string of the molecule is CC#Cc1c(F)ccc2cc(OCOC)cc(-c3ncc4c(N5CC6CCC(C6)C5)nc(OCCCN5CCNCC5)nc4c3F)c12. The van der Waals surface area contributed by atoms with Gasteiger partial charge in [0, 0.05) is 70.1 Å². The topological polar surface area (TPSA) is 84.9 Å². The first-order valence-electron chi connectivity index (χ1n) is 16.5. The number of anilines is 1. The summed E-state index contributed by atoms with van der Waals surface area (Å²) >= 11 is 0. The Labute approximate surface area is 273 Å². The molecular formula is C36H40F2N6O3. The number of hydrogen-bond donors (Lipinski definition) is 1. The Morgan fingerprint density at radius 3 is 2.62 bits per heavy atom. The van der Waals surface area contributed by atoms with Crippen LogP contribution in [0.2, 0.25) is 0 Å². The van der Waals surface area contributed by atoms with Crippen LogP contribution in [0.25, 0.3) is 32.9 Å². The Bertz CT molecular complexity index is 1830. The molecule has 0 spiro atoms. The lowest BCUT2D eigenvalue weighted by Crippen LogP contribution is -2.44. The van der Waals surface area contributed by atoms with Gasteiger partial charge in [0.15, 0.2) is 12.6 Å². The van der Waals surface area contributed by atoms with Crippen molar-refractivity contribution in [1.82, 2.24) is 25.2 Å². The van der Waals surface area contributed by atoms with Gasteiger partial charge < -0.3 is 29.3 Å². The van der Waals surface area contributed by atoms with E-state index >= 15 is 8.78 Å². The Hall–Kier alpha value is -4.11. The molecule has 1 saturated carbocycles. The number of nitrogens with one attached hydrogen (secondary N) is 1. The van der Waals surface area contributed by atoms with Crippen LogP contribution in [0.15, 0.2) is 30.5 Å². The maximum Gasteiger partial charge on any atom is 0.319 e. The predicted molar refractivity (Wildman–Crippen MR) is 178 cm³/mol. The molecular weight excluding hydrogens is 602 g/mol. The summed E-state index contributed by atoms with van der Waals surface area (Å²) in [6.07, 6.45) is 6.06. The first-order valence-corrected chi connectivity index (χ1v) is 16.5. The molecule has 246 valence electrons. The third kappa shape index (κ3) is 6.55. The number of rotatable bonds is 10. The molecule has 2 bridgehead atoms. The minimum atomic E-state index is -0.637. The third-order valence-corrected chi connectivity index (χ3v) is 9.50. The highest BCUT2D eigenvalue weighted by atomic mass is 19.1. The van der Waals surface area contributed by atoms with Gasteiger partial charge in [0.25, 0.3) is 0 Å². The van der Waals surface area contributed by atoms with Crippen LogP contribution in [-0.4, -0.2) is 86.2 Å². The molecule has 2 aromatic heterocycles. The van der Waals surface area contributed by atoms with Gasteiger partial charge in [-0.25, -0.2) is 8.78 Å². The van der Waals surface area contributed by atoms with Gasteiger partial charge in [0.2, 0.25) is 0 Å². The van der Waals surface area contributed by atoms with Gasteiger partial charge in [-0.3, -0.25) is 4.98 Å². The molecule has 2 aromatic carbocycles. The molecule has 9 nitrogen and oxygen atoms in total. The van der Waals surface area contributed by atoms with Crippen molar-refractivity contribution < 1.29 is 23.0 Å². The van der Waals surface area contributed by atoms with Gasteiger partial charge >= 0.3 is 6.01 Å². The highest BCUT2D eigenvalue weighted by molar-refractivity contribution is 6.03. The second kappa shape index (κ2) is 13.9. The highest BCUT2D eigenvalue weighted by Crippen LogP contribution is 2.42. The standard InChI is InChI=1S/C36H40F2N6O3/c1-3-5-27-30(37)9-8-25-17-26(47-22-45-2)18-28(31(25)27)33-32(38)34-29(19-40-33)35(44-20-23-6-7-24(16-23)21-44)42-36(41-34)46-15-4-12-43-13-10-39-11-14-43/h8-9,17-19,23-24,39H,4,6-7,10-16,20-22H2,1-2H3. The van der Waals surface area contributed by atoms with Crippen molar-refractivity contribution in [2.75, 3.05) is 71.2 Å². The van der Waals surface area contributed by atoms with Crippen molar-refractivity contribution in [3.05, 3.63) is 47.7 Å². The second-order valence-electron chi connectivity index (χ2n) is 12.7. The van der Waals surface area contributed by atoms with E-state index in [0.717, 1.165) is 52.2 Å². The fourth-order valence-electron chi connectivity index (χ4n) is 7.34. The second-order valence-corrected chi connectivity index (χ2v) is 12.7. The molecule has 1 aliphatic carbocycles. The van der Waals surface area contributed by atoms with Crippen LogP contribution in [0, 0.1) is 35.3 Å². The van der Waals surface area contributed by atoms with Crippen LogP contribution in [-0.2, 0) is 4.74 Å². The molecule has 4 aromatic rings. The Morgan fingerprint density at radius 1 is 1.04 bits per heavy atom. The van der Waals surface area contributed by atoms with Crippen LogP contribution in [0.1, 0.15) is 38.2 Å². The lowest BCUT2D eigenvalue weighted by Gasteiger charge is -2.33. The monoisotopic (exact) mass is 642 g/mol. The summed E-state index contributed by atoms with van der Waals surface area (Å²) in [6, 6.07) is 6.54. The number of ether oxygens (including phenoxy) is 3. The molecule has 3 aliphatic rings. The predicted octanol–water partition coefficient (Wildman–Crippen LogP) is 5.39. The minimum Gasteiger partial charge on any atom is -0.468 e. The Kier molecular flexibility index (Phi) is 9.34. The number of pyridine rings is 1. The summed E-state index contributed by atoms with van der Waals surface area (Å²) in [4.78, 5) is 18.8. The summed E-state index contributed by atoms with van der Waals surface area (Å²) in [7, 11) is 1.52. The number of methoxy groups -OCH3 is 1. The normalized spacial score (nSPS) is 19.6. The van der Waals surface area contributed by atoms with E-state index in [-0.39, 0.29) is 29.6 Å². The van der Waals surface area contributed by atoms with E-state index in [9.17, 15) is 0 Å². The molecule has 2 unspecified atom stereocenters. The number of benzene rings is 2. The van der Waals surface area contributed by atoms with Crippen molar-refractivity contribution in [3.8, 4) is 34.9 Å². The zero-order valence-electron chi connectivity index (χ0n) is 27.0. The van der Waals surface area contributed by atoms with Crippen molar-refractivity contribution >= 4 is 27.5 Å². The van der Waals surface area contributed by atoms with E-state index in [2.05, 4.69) is 36.9 Å². The summed E-state index contributed by atoms with van der Waals surface area (Å²) in [6.45, 7) is 8.67. The largest absolute Gasteiger partial charge is 0.468 e. The van der Waals surface area contributed by atoms with E-state index in [4.69, 9.17) is 19.2 Å². The van der Waals surface area contributed by atoms with Gasteiger partial charge in [-0.1, -0.05) is 12.0 Å². The fourth-order valence-corrected chi connectivity index (χ4v) is 7.34. The molecule has 0 radical (unpaired) electrons. The molecule has 1 N–H and O–H groups in total. The van der Waals surface area contributed by atoms with Crippen molar-refractivity contribution in [1.29, 1.82) is 0 Å². The number of hydrogen-bond acceptors (Lipinski definition) is 9. The van der Waals surface area contributed by atoms with Crippen LogP contribution in [0.5, 0.6) is 11.8 Å². The number of piperazine rings is 1. The number of aromatic nitrogens is 3. The number of halogens is 2. The summed E-state index contributed by atoms with van der Waals surface area (Å²) < 4.78 is 49.2.